The number of nitrogen functional groups attached to an aromatic ring is 1. The maximum Gasteiger partial charge on any atom is 0.148 e. The van der Waals surface area contributed by atoms with Crippen LogP contribution < -0.4 is 11.1 Å². The Morgan fingerprint density at radius 2 is 2.00 bits per heavy atom. The molecule has 1 aromatic rings. The van der Waals surface area contributed by atoms with Crippen molar-refractivity contribution in [1.82, 2.24) is 9.78 Å². The summed E-state index contributed by atoms with van der Waals surface area (Å²) in [6.45, 7) is 10.8. The van der Waals surface area contributed by atoms with Crippen molar-refractivity contribution in [3.8, 4) is 0 Å². The number of nitrogens with two attached hydrogens (primary N) is 1. The second-order valence-corrected chi connectivity index (χ2v) is 5.68. The van der Waals surface area contributed by atoms with E-state index in [4.69, 9.17) is 5.73 Å². The highest BCUT2D eigenvalue weighted by atomic mass is 15.3. The average Bonchev–Trinajstić information content (AvgIpc) is 2.45. The van der Waals surface area contributed by atoms with Crippen LogP contribution in [-0.4, -0.2) is 15.3 Å². The lowest BCUT2D eigenvalue weighted by Gasteiger charge is -2.27. The summed E-state index contributed by atoms with van der Waals surface area (Å²) in [5, 5.41) is 7.99. The molecule has 4 heteroatoms. The second-order valence-electron chi connectivity index (χ2n) is 5.68. The first-order chi connectivity index (χ1) is 7.78. The molecule has 0 amide bonds. The first kappa shape index (κ1) is 13.9. The highest BCUT2D eigenvalue weighted by molar-refractivity contribution is 5.66. The molecular formula is C13H26N4. The zero-order chi connectivity index (χ0) is 13.2. The SMILES string of the molecule is CCCC(C)(C)Nc1c(N)c(C(C)C)nn1C. The molecule has 0 saturated heterocycles. The Labute approximate surface area is 105 Å². The smallest absolute Gasteiger partial charge is 0.148 e. The van der Waals surface area contributed by atoms with Crippen molar-refractivity contribution >= 4 is 11.5 Å². The van der Waals surface area contributed by atoms with Crippen LogP contribution in [0.3, 0.4) is 0 Å². The molecule has 0 bridgehead atoms. The van der Waals surface area contributed by atoms with E-state index in [9.17, 15) is 0 Å². The van der Waals surface area contributed by atoms with E-state index in [1.54, 1.807) is 0 Å². The van der Waals surface area contributed by atoms with E-state index in [0.29, 0.717) is 5.92 Å². The molecule has 4 nitrogen and oxygen atoms in total. The van der Waals surface area contributed by atoms with Crippen LogP contribution in [0.2, 0.25) is 0 Å². The van der Waals surface area contributed by atoms with Crippen molar-refractivity contribution in [2.24, 2.45) is 7.05 Å². The van der Waals surface area contributed by atoms with Crippen LogP contribution in [0.25, 0.3) is 0 Å². The standard InChI is InChI=1S/C13H26N4/c1-7-8-13(4,5)15-12-10(14)11(9(2)3)16-17(12)6/h9,15H,7-8,14H2,1-6H3. The first-order valence-corrected chi connectivity index (χ1v) is 6.39. The molecule has 0 unspecified atom stereocenters. The molecule has 0 aliphatic heterocycles. The lowest BCUT2D eigenvalue weighted by molar-refractivity contribution is 0.504. The number of hydrogen-bond donors (Lipinski definition) is 2. The Hall–Kier alpha value is -1.19. The monoisotopic (exact) mass is 238 g/mol. The molecule has 0 radical (unpaired) electrons. The van der Waals surface area contributed by atoms with Crippen molar-refractivity contribution in [3.63, 3.8) is 0 Å². The first-order valence-electron chi connectivity index (χ1n) is 6.39. The Morgan fingerprint density at radius 1 is 1.41 bits per heavy atom. The summed E-state index contributed by atoms with van der Waals surface area (Å²) in [6, 6.07) is 0. The van der Waals surface area contributed by atoms with Gasteiger partial charge in [-0.05, 0) is 26.2 Å². The van der Waals surface area contributed by atoms with Crippen LogP contribution in [-0.2, 0) is 7.05 Å². The minimum Gasteiger partial charge on any atom is -0.394 e. The molecule has 0 saturated carbocycles. The minimum absolute atomic E-state index is 0.0465. The molecule has 0 aliphatic rings. The number of aromatic nitrogens is 2. The Bertz CT molecular complexity index is 377. The highest BCUT2D eigenvalue weighted by Gasteiger charge is 2.22. The molecular weight excluding hydrogens is 212 g/mol. The molecule has 0 atom stereocenters. The molecule has 0 spiro atoms. The van der Waals surface area contributed by atoms with E-state index in [1.165, 1.54) is 0 Å². The topological polar surface area (TPSA) is 55.9 Å². The molecule has 98 valence electrons. The van der Waals surface area contributed by atoms with Gasteiger partial charge in [-0.3, -0.25) is 4.68 Å². The van der Waals surface area contributed by atoms with Gasteiger partial charge < -0.3 is 11.1 Å². The van der Waals surface area contributed by atoms with Crippen LogP contribution in [0.1, 0.15) is 59.1 Å². The average molecular weight is 238 g/mol. The summed E-state index contributed by atoms with van der Waals surface area (Å²) in [5.41, 5.74) is 7.97. The third-order valence-corrected chi connectivity index (χ3v) is 2.99. The molecule has 3 N–H and O–H groups in total. The van der Waals surface area contributed by atoms with Crippen LogP contribution in [0.5, 0.6) is 0 Å². The fraction of sp³-hybridized carbons (Fsp3) is 0.769. The number of aryl methyl sites for hydroxylation is 1. The molecule has 0 fully saturated rings. The van der Waals surface area contributed by atoms with Gasteiger partial charge in [-0.2, -0.15) is 5.10 Å². The Balaban J connectivity index is 2.99. The zero-order valence-corrected chi connectivity index (χ0v) is 12.0. The van der Waals surface area contributed by atoms with Gasteiger partial charge in [0.2, 0.25) is 0 Å². The maximum atomic E-state index is 6.16. The fourth-order valence-corrected chi connectivity index (χ4v) is 2.14. The van der Waals surface area contributed by atoms with E-state index in [1.807, 2.05) is 11.7 Å². The fourth-order valence-electron chi connectivity index (χ4n) is 2.14. The van der Waals surface area contributed by atoms with Crippen molar-refractivity contribution in [2.45, 2.75) is 58.9 Å². The zero-order valence-electron chi connectivity index (χ0n) is 12.0. The minimum atomic E-state index is 0.0465. The number of nitrogens with zero attached hydrogens (tertiary/aromatic N) is 2. The van der Waals surface area contributed by atoms with Crippen molar-refractivity contribution in [2.75, 3.05) is 11.1 Å². The molecule has 1 heterocycles. The molecule has 1 aromatic heterocycles. The second kappa shape index (κ2) is 4.98. The van der Waals surface area contributed by atoms with E-state index >= 15 is 0 Å². The van der Waals surface area contributed by atoms with Gasteiger partial charge in [0, 0.05) is 12.6 Å². The van der Waals surface area contributed by atoms with Gasteiger partial charge in [-0.25, -0.2) is 0 Å². The summed E-state index contributed by atoms with van der Waals surface area (Å²) in [7, 11) is 1.94. The van der Waals surface area contributed by atoms with Gasteiger partial charge in [0.05, 0.1) is 11.4 Å². The number of nitrogens with one attached hydrogen (secondary N) is 1. The van der Waals surface area contributed by atoms with Crippen LogP contribution >= 0.6 is 0 Å². The van der Waals surface area contributed by atoms with Crippen LogP contribution in [0.15, 0.2) is 0 Å². The molecule has 1 rings (SSSR count). The van der Waals surface area contributed by atoms with Gasteiger partial charge >= 0.3 is 0 Å². The van der Waals surface area contributed by atoms with Gasteiger partial charge in [-0.15, -0.1) is 0 Å². The summed E-state index contributed by atoms with van der Waals surface area (Å²) < 4.78 is 1.85. The molecule has 0 aliphatic carbocycles. The summed E-state index contributed by atoms with van der Waals surface area (Å²) in [5.74, 6) is 1.29. The maximum absolute atomic E-state index is 6.16. The number of rotatable bonds is 5. The number of anilines is 2. The molecule has 0 aromatic carbocycles. The van der Waals surface area contributed by atoms with E-state index in [2.05, 4.69) is 45.0 Å². The largest absolute Gasteiger partial charge is 0.394 e. The lowest BCUT2D eigenvalue weighted by atomic mass is 9.99. The van der Waals surface area contributed by atoms with Crippen LogP contribution in [0.4, 0.5) is 11.5 Å². The van der Waals surface area contributed by atoms with Crippen molar-refractivity contribution in [1.29, 1.82) is 0 Å². The predicted molar refractivity (Wildman–Crippen MR) is 74.3 cm³/mol. The molecule has 17 heavy (non-hydrogen) atoms. The summed E-state index contributed by atoms with van der Waals surface area (Å²) >= 11 is 0. The Morgan fingerprint density at radius 3 is 2.41 bits per heavy atom. The van der Waals surface area contributed by atoms with E-state index in [0.717, 1.165) is 30.0 Å². The van der Waals surface area contributed by atoms with Gasteiger partial charge in [-0.1, -0.05) is 27.2 Å². The lowest BCUT2D eigenvalue weighted by Crippen LogP contribution is -2.31. The summed E-state index contributed by atoms with van der Waals surface area (Å²) in [4.78, 5) is 0. The van der Waals surface area contributed by atoms with E-state index in [-0.39, 0.29) is 5.54 Å². The van der Waals surface area contributed by atoms with Gasteiger partial charge in [0.15, 0.2) is 0 Å². The quantitative estimate of drug-likeness (QED) is 0.828. The van der Waals surface area contributed by atoms with Gasteiger partial charge in [0.1, 0.15) is 5.82 Å². The number of hydrogen-bond acceptors (Lipinski definition) is 3. The third-order valence-electron chi connectivity index (χ3n) is 2.99. The summed E-state index contributed by atoms with van der Waals surface area (Å²) in [6.07, 6.45) is 2.25. The third kappa shape index (κ3) is 3.14. The Kier molecular flexibility index (Phi) is 4.07. The highest BCUT2D eigenvalue weighted by Crippen LogP contribution is 2.30. The normalized spacial score (nSPS) is 12.2. The van der Waals surface area contributed by atoms with Crippen LogP contribution in [0, 0.1) is 0 Å². The van der Waals surface area contributed by atoms with Crippen molar-refractivity contribution in [3.05, 3.63) is 5.69 Å². The van der Waals surface area contributed by atoms with E-state index < -0.39 is 0 Å². The van der Waals surface area contributed by atoms with Crippen molar-refractivity contribution < 1.29 is 0 Å². The predicted octanol–water partition coefficient (Wildman–Crippen LogP) is 3.12. The van der Waals surface area contributed by atoms with Gasteiger partial charge in [0.25, 0.3) is 0 Å².